The predicted molar refractivity (Wildman–Crippen MR) is 102 cm³/mol. The van der Waals surface area contributed by atoms with E-state index < -0.39 is 23.1 Å². The van der Waals surface area contributed by atoms with Gasteiger partial charge in [0.05, 0.1) is 6.54 Å². The standard InChI is InChI=1S/C18H25N5O5/c1-4-23(5-2)10-12-6-8-14(28-12)17(26)22-21-15(24)9-7-13-11(3)19-18(27)20-16(13)25/h6,8H,4-5,7,9-10H2,1-3H3,(H,21,24)(H,22,26)(H2,19,20,25,27). The van der Waals surface area contributed by atoms with E-state index in [0.717, 1.165) is 13.1 Å². The number of rotatable bonds is 8. The number of aromatic nitrogens is 2. The topological polar surface area (TPSA) is 140 Å². The van der Waals surface area contributed by atoms with Crippen LogP contribution in [0.15, 0.2) is 26.1 Å². The van der Waals surface area contributed by atoms with Crippen LogP contribution in [0.5, 0.6) is 0 Å². The molecule has 2 rings (SSSR count). The lowest BCUT2D eigenvalue weighted by Crippen LogP contribution is -2.41. The van der Waals surface area contributed by atoms with Crippen LogP contribution in [0.4, 0.5) is 0 Å². The molecule has 10 heteroatoms. The first kappa shape index (κ1) is 21.2. The summed E-state index contributed by atoms with van der Waals surface area (Å²) in [5.74, 6) is -0.297. The van der Waals surface area contributed by atoms with Crippen molar-refractivity contribution in [3.63, 3.8) is 0 Å². The number of furan rings is 1. The maximum Gasteiger partial charge on any atom is 0.325 e. The molecule has 2 amide bonds. The molecule has 0 unspecified atom stereocenters. The second-order valence-electron chi connectivity index (χ2n) is 6.24. The van der Waals surface area contributed by atoms with E-state index in [1.165, 1.54) is 0 Å². The smallest absolute Gasteiger partial charge is 0.325 e. The first-order valence-electron chi connectivity index (χ1n) is 9.06. The van der Waals surface area contributed by atoms with Gasteiger partial charge in [-0.3, -0.25) is 35.1 Å². The molecule has 28 heavy (non-hydrogen) atoms. The van der Waals surface area contributed by atoms with Crippen molar-refractivity contribution in [2.75, 3.05) is 13.1 Å². The average molecular weight is 391 g/mol. The van der Waals surface area contributed by atoms with Crippen LogP contribution in [0.1, 0.15) is 47.8 Å². The van der Waals surface area contributed by atoms with Gasteiger partial charge in [0.15, 0.2) is 5.76 Å². The molecule has 0 aliphatic carbocycles. The highest BCUT2D eigenvalue weighted by Gasteiger charge is 2.14. The van der Waals surface area contributed by atoms with Gasteiger partial charge in [0.25, 0.3) is 5.56 Å². The molecule has 0 aliphatic heterocycles. The number of amides is 2. The van der Waals surface area contributed by atoms with E-state index in [1.54, 1.807) is 19.1 Å². The highest BCUT2D eigenvalue weighted by molar-refractivity contribution is 5.92. The molecule has 0 bridgehead atoms. The molecule has 2 heterocycles. The monoisotopic (exact) mass is 391 g/mol. The number of carbonyl (C=O) groups is 2. The van der Waals surface area contributed by atoms with E-state index in [4.69, 9.17) is 4.42 Å². The Labute approximate surface area is 161 Å². The van der Waals surface area contributed by atoms with E-state index in [2.05, 4.69) is 25.7 Å². The fourth-order valence-corrected chi connectivity index (χ4v) is 2.67. The number of aryl methyl sites for hydroxylation is 1. The van der Waals surface area contributed by atoms with Gasteiger partial charge in [-0.2, -0.15) is 0 Å². The van der Waals surface area contributed by atoms with Crippen LogP contribution in [0, 0.1) is 6.92 Å². The van der Waals surface area contributed by atoms with Crippen molar-refractivity contribution < 1.29 is 14.0 Å². The molecule has 0 saturated carbocycles. The number of hydrogen-bond acceptors (Lipinski definition) is 6. The summed E-state index contributed by atoms with van der Waals surface area (Å²) in [4.78, 5) is 53.6. The molecule has 0 radical (unpaired) electrons. The van der Waals surface area contributed by atoms with E-state index >= 15 is 0 Å². The highest BCUT2D eigenvalue weighted by Crippen LogP contribution is 2.10. The van der Waals surface area contributed by atoms with Gasteiger partial charge in [0, 0.05) is 17.7 Å². The molecule has 0 atom stereocenters. The van der Waals surface area contributed by atoms with Crippen molar-refractivity contribution >= 4 is 11.8 Å². The summed E-state index contributed by atoms with van der Waals surface area (Å²) in [7, 11) is 0. The molecule has 0 saturated heterocycles. The Morgan fingerprint density at radius 1 is 1.11 bits per heavy atom. The molecular formula is C18H25N5O5. The van der Waals surface area contributed by atoms with Crippen LogP contribution in [-0.4, -0.2) is 39.8 Å². The number of H-pyrrole nitrogens is 2. The molecule has 2 aromatic rings. The molecule has 152 valence electrons. The molecule has 0 aromatic carbocycles. The predicted octanol–water partition coefficient (Wildman–Crippen LogP) is 0.200. The summed E-state index contributed by atoms with van der Waals surface area (Å²) < 4.78 is 5.50. The van der Waals surface area contributed by atoms with Gasteiger partial charge in [0.1, 0.15) is 5.76 Å². The Kier molecular flexibility index (Phi) is 7.33. The van der Waals surface area contributed by atoms with E-state index in [0.29, 0.717) is 23.6 Å². The summed E-state index contributed by atoms with van der Waals surface area (Å²) in [6.07, 6.45) is 0.0794. The third kappa shape index (κ3) is 5.68. The van der Waals surface area contributed by atoms with E-state index in [-0.39, 0.29) is 18.6 Å². The summed E-state index contributed by atoms with van der Waals surface area (Å²) in [5, 5.41) is 0. The van der Waals surface area contributed by atoms with Gasteiger partial charge in [-0.15, -0.1) is 0 Å². The Balaban J connectivity index is 1.84. The summed E-state index contributed by atoms with van der Waals surface area (Å²) in [6.45, 7) is 7.99. The average Bonchev–Trinajstić information content (AvgIpc) is 3.12. The quantitative estimate of drug-likeness (QED) is 0.474. The number of nitrogens with one attached hydrogen (secondary N) is 4. The minimum atomic E-state index is -0.596. The van der Waals surface area contributed by atoms with Crippen LogP contribution in [-0.2, 0) is 17.8 Å². The lowest BCUT2D eigenvalue weighted by atomic mass is 10.1. The van der Waals surface area contributed by atoms with Gasteiger partial charge in [0.2, 0.25) is 5.91 Å². The van der Waals surface area contributed by atoms with Gasteiger partial charge in [-0.05, 0) is 38.6 Å². The summed E-state index contributed by atoms with van der Waals surface area (Å²) >= 11 is 0. The van der Waals surface area contributed by atoms with Crippen LogP contribution >= 0.6 is 0 Å². The third-order valence-corrected chi connectivity index (χ3v) is 4.33. The van der Waals surface area contributed by atoms with Gasteiger partial charge < -0.3 is 9.40 Å². The van der Waals surface area contributed by atoms with Crippen molar-refractivity contribution in [1.29, 1.82) is 0 Å². The summed E-state index contributed by atoms with van der Waals surface area (Å²) in [5.41, 5.74) is 4.15. The first-order chi connectivity index (χ1) is 13.3. The number of hydrogen-bond donors (Lipinski definition) is 4. The Hall–Kier alpha value is -3.14. The van der Waals surface area contributed by atoms with Gasteiger partial charge >= 0.3 is 11.6 Å². The van der Waals surface area contributed by atoms with E-state index in [1.807, 2.05) is 13.8 Å². The van der Waals surface area contributed by atoms with Crippen molar-refractivity contribution in [1.82, 2.24) is 25.7 Å². The van der Waals surface area contributed by atoms with Gasteiger partial charge in [-0.25, -0.2) is 4.79 Å². The Morgan fingerprint density at radius 3 is 2.46 bits per heavy atom. The fourth-order valence-electron chi connectivity index (χ4n) is 2.67. The number of nitrogens with zero attached hydrogens (tertiary/aromatic N) is 1. The van der Waals surface area contributed by atoms with E-state index in [9.17, 15) is 19.2 Å². The molecule has 0 aliphatic rings. The van der Waals surface area contributed by atoms with Crippen molar-refractivity contribution in [2.24, 2.45) is 0 Å². The zero-order valence-corrected chi connectivity index (χ0v) is 16.2. The molecule has 0 spiro atoms. The Bertz CT molecular complexity index is 938. The SMILES string of the molecule is CCN(CC)Cc1ccc(C(=O)NNC(=O)CCc2c(C)[nH]c(=O)[nH]c2=O)o1. The van der Waals surface area contributed by atoms with Crippen molar-refractivity contribution in [2.45, 2.75) is 40.2 Å². The Morgan fingerprint density at radius 2 is 1.82 bits per heavy atom. The molecule has 10 nitrogen and oxygen atoms in total. The second-order valence-corrected chi connectivity index (χ2v) is 6.24. The number of aromatic amines is 2. The maximum absolute atomic E-state index is 12.1. The highest BCUT2D eigenvalue weighted by atomic mass is 16.4. The normalized spacial score (nSPS) is 10.9. The van der Waals surface area contributed by atoms with Crippen LogP contribution < -0.4 is 22.1 Å². The van der Waals surface area contributed by atoms with Gasteiger partial charge in [-0.1, -0.05) is 13.8 Å². The van der Waals surface area contributed by atoms with Crippen molar-refractivity contribution in [3.8, 4) is 0 Å². The lowest BCUT2D eigenvalue weighted by Gasteiger charge is -2.15. The molecule has 0 fully saturated rings. The largest absolute Gasteiger partial charge is 0.454 e. The van der Waals surface area contributed by atoms with Crippen LogP contribution in [0.2, 0.25) is 0 Å². The summed E-state index contributed by atoms with van der Waals surface area (Å²) in [6, 6.07) is 3.27. The number of carbonyl (C=O) groups excluding carboxylic acids is 2. The minimum Gasteiger partial charge on any atom is -0.454 e. The number of hydrazine groups is 1. The molecular weight excluding hydrogens is 366 g/mol. The van der Waals surface area contributed by atoms with Crippen molar-refractivity contribution in [3.05, 3.63) is 55.7 Å². The molecule has 2 aromatic heterocycles. The third-order valence-electron chi connectivity index (χ3n) is 4.33. The zero-order chi connectivity index (χ0) is 20.7. The second kappa shape index (κ2) is 9.70. The lowest BCUT2D eigenvalue weighted by molar-refractivity contribution is -0.121. The fraction of sp³-hybridized carbons (Fsp3) is 0.444. The van der Waals surface area contributed by atoms with Crippen LogP contribution in [0.25, 0.3) is 0 Å². The molecule has 4 N–H and O–H groups in total. The minimum absolute atomic E-state index is 0.0401. The van der Waals surface area contributed by atoms with Crippen LogP contribution in [0.3, 0.4) is 0 Å². The first-order valence-corrected chi connectivity index (χ1v) is 9.06. The maximum atomic E-state index is 12.1. The zero-order valence-electron chi connectivity index (χ0n) is 16.2.